The lowest BCUT2D eigenvalue weighted by Gasteiger charge is -2.40. The van der Waals surface area contributed by atoms with Crippen LogP contribution in [0.1, 0.15) is 48.0 Å². The van der Waals surface area contributed by atoms with Crippen LogP contribution in [0.4, 0.5) is 0 Å². The molecule has 35 heavy (non-hydrogen) atoms. The van der Waals surface area contributed by atoms with Crippen LogP contribution in [0.25, 0.3) is 16.9 Å². The second-order valence-electron chi connectivity index (χ2n) is 9.90. The van der Waals surface area contributed by atoms with E-state index in [2.05, 4.69) is 26.3 Å². The van der Waals surface area contributed by atoms with Gasteiger partial charge in [0.15, 0.2) is 0 Å². The van der Waals surface area contributed by atoms with Crippen LogP contribution in [-0.2, 0) is 6.54 Å². The van der Waals surface area contributed by atoms with Gasteiger partial charge in [-0.25, -0.2) is 0 Å². The molecule has 2 fully saturated rings. The first-order valence-electron chi connectivity index (χ1n) is 13.0. The Balaban J connectivity index is 1.22. The molecule has 1 aromatic carbocycles. The number of pyridine rings is 1. The Kier molecular flexibility index (Phi) is 6.13. The second-order valence-corrected chi connectivity index (χ2v) is 9.90. The molecule has 0 bridgehead atoms. The van der Waals surface area contributed by atoms with Gasteiger partial charge in [-0.15, -0.1) is 0 Å². The van der Waals surface area contributed by atoms with Crippen LogP contribution in [0.3, 0.4) is 0 Å². The molecule has 0 atom stereocenters. The molecule has 6 heteroatoms. The summed E-state index contributed by atoms with van der Waals surface area (Å²) in [5, 5.41) is 4.84. The lowest BCUT2D eigenvalue weighted by Crippen LogP contribution is -2.48. The van der Waals surface area contributed by atoms with Crippen molar-refractivity contribution < 1.29 is 4.79 Å². The van der Waals surface area contributed by atoms with Crippen molar-refractivity contribution in [3.63, 3.8) is 0 Å². The molecule has 180 valence electrons. The van der Waals surface area contributed by atoms with E-state index in [0.717, 1.165) is 54.9 Å². The molecule has 0 saturated carbocycles. The predicted molar refractivity (Wildman–Crippen MR) is 139 cm³/mol. The summed E-state index contributed by atoms with van der Waals surface area (Å²) in [5.41, 5.74) is 4.77. The van der Waals surface area contributed by atoms with E-state index >= 15 is 0 Å². The van der Waals surface area contributed by atoms with Gasteiger partial charge in [0.2, 0.25) is 0 Å². The summed E-state index contributed by atoms with van der Waals surface area (Å²) < 4.78 is 4.06. The molecule has 6 rings (SSSR count). The molecule has 0 radical (unpaired) electrons. The van der Waals surface area contributed by atoms with Crippen molar-refractivity contribution >= 4 is 11.4 Å². The van der Waals surface area contributed by atoms with Gasteiger partial charge in [0.1, 0.15) is 5.69 Å². The highest BCUT2D eigenvalue weighted by molar-refractivity contribution is 6.02. The number of hydrogen-bond donors (Lipinski definition) is 0. The first-order valence-corrected chi connectivity index (χ1v) is 13.0. The summed E-state index contributed by atoms with van der Waals surface area (Å²) in [4.78, 5) is 18.4. The van der Waals surface area contributed by atoms with Crippen LogP contribution in [0, 0.1) is 0 Å². The van der Waals surface area contributed by atoms with Crippen LogP contribution in [0.5, 0.6) is 0 Å². The van der Waals surface area contributed by atoms with Gasteiger partial charge in [0, 0.05) is 31.5 Å². The summed E-state index contributed by atoms with van der Waals surface area (Å²) in [6.07, 6.45) is 10.2. The number of fused-ring (bicyclic) bond motifs is 1. The van der Waals surface area contributed by atoms with E-state index in [0.29, 0.717) is 6.04 Å². The summed E-state index contributed by atoms with van der Waals surface area (Å²) in [5.74, 6) is 0.140. The minimum absolute atomic E-state index is 0.140. The maximum Gasteiger partial charge on any atom is 0.256 e. The van der Waals surface area contributed by atoms with Crippen LogP contribution in [0.15, 0.2) is 73.1 Å². The molecule has 2 saturated heterocycles. The number of nitrogens with zero attached hydrogens (tertiary/aromatic N) is 5. The highest BCUT2D eigenvalue weighted by Crippen LogP contribution is 2.28. The van der Waals surface area contributed by atoms with Gasteiger partial charge in [-0.3, -0.25) is 9.48 Å². The molecule has 0 aliphatic carbocycles. The Labute approximate surface area is 206 Å². The first-order chi connectivity index (χ1) is 17.3. The smallest absolute Gasteiger partial charge is 0.256 e. The van der Waals surface area contributed by atoms with Crippen molar-refractivity contribution in [3.8, 4) is 11.4 Å². The molecule has 0 spiro atoms. The predicted octanol–water partition coefficient (Wildman–Crippen LogP) is 4.94. The van der Waals surface area contributed by atoms with Gasteiger partial charge >= 0.3 is 0 Å². The lowest BCUT2D eigenvalue weighted by molar-refractivity contribution is 0.0592. The van der Waals surface area contributed by atoms with Crippen LogP contribution in [0.2, 0.25) is 0 Å². The van der Waals surface area contributed by atoms with E-state index in [4.69, 9.17) is 5.10 Å². The van der Waals surface area contributed by atoms with E-state index in [-0.39, 0.29) is 5.91 Å². The number of amides is 1. The number of rotatable bonds is 5. The van der Waals surface area contributed by atoms with Crippen molar-refractivity contribution in [3.05, 3.63) is 84.2 Å². The monoisotopic (exact) mass is 467 g/mol. The molecule has 1 amide bonds. The topological polar surface area (TPSA) is 45.8 Å². The quantitative estimate of drug-likeness (QED) is 0.418. The van der Waals surface area contributed by atoms with Crippen molar-refractivity contribution in [2.24, 2.45) is 0 Å². The van der Waals surface area contributed by atoms with Crippen molar-refractivity contribution in [2.45, 2.75) is 44.7 Å². The molecule has 4 aromatic rings. The largest absolute Gasteiger partial charge is 0.338 e. The molecule has 0 unspecified atom stereocenters. The van der Waals surface area contributed by atoms with Crippen molar-refractivity contribution in [2.75, 3.05) is 26.2 Å². The third-order valence-electron chi connectivity index (χ3n) is 7.66. The normalized spacial score (nSPS) is 17.8. The Morgan fingerprint density at radius 2 is 1.63 bits per heavy atom. The highest BCUT2D eigenvalue weighted by Gasteiger charge is 2.29. The molecule has 6 nitrogen and oxygen atoms in total. The van der Waals surface area contributed by atoms with Gasteiger partial charge in [-0.1, -0.05) is 42.8 Å². The molecule has 0 N–H and O–H groups in total. The van der Waals surface area contributed by atoms with E-state index in [1.54, 1.807) is 0 Å². The number of aromatic nitrogens is 3. The highest BCUT2D eigenvalue weighted by atomic mass is 16.2. The van der Waals surface area contributed by atoms with Crippen molar-refractivity contribution in [1.29, 1.82) is 0 Å². The number of likely N-dealkylation sites (tertiary alicyclic amines) is 2. The summed E-state index contributed by atoms with van der Waals surface area (Å²) in [6, 6.07) is 21.1. The summed E-state index contributed by atoms with van der Waals surface area (Å²) >= 11 is 0. The van der Waals surface area contributed by atoms with Gasteiger partial charge < -0.3 is 14.2 Å². The number of benzene rings is 1. The fraction of sp³-hybridized carbons (Fsp3) is 0.379. The van der Waals surface area contributed by atoms with Gasteiger partial charge in [-0.2, -0.15) is 5.10 Å². The fourth-order valence-corrected chi connectivity index (χ4v) is 5.77. The Morgan fingerprint density at radius 1 is 0.857 bits per heavy atom. The SMILES string of the molecule is O=C(c1cc(-c2ccn(Cc3ccccc3)n2)n2ccccc12)N1CCC(N2CCCCC2)CC1. The van der Waals surface area contributed by atoms with Crippen LogP contribution < -0.4 is 0 Å². The molecular formula is C29H33N5O. The zero-order valence-electron chi connectivity index (χ0n) is 20.2. The molecule has 5 heterocycles. The zero-order valence-corrected chi connectivity index (χ0v) is 20.2. The molecular weight excluding hydrogens is 434 g/mol. The Bertz CT molecular complexity index is 1290. The van der Waals surface area contributed by atoms with Crippen molar-refractivity contribution in [1.82, 2.24) is 24.0 Å². The van der Waals surface area contributed by atoms with Crippen LogP contribution in [-0.4, -0.2) is 62.1 Å². The minimum atomic E-state index is 0.140. The number of carbonyl (C=O) groups is 1. The molecule has 3 aromatic heterocycles. The van der Waals surface area contributed by atoms with E-state index < -0.39 is 0 Å². The third-order valence-corrected chi connectivity index (χ3v) is 7.66. The van der Waals surface area contributed by atoms with Gasteiger partial charge in [-0.05, 0) is 68.6 Å². The first kappa shape index (κ1) is 22.1. The summed E-state index contributed by atoms with van der Waals surface area (Å²) in [7, 11) is 0. The number of hydrogen-bond acceptors (Lipinski definition) is 3. The van der Waals surface area contributed by atoms with Gasteiger partial charge in [0.05, 0.1) is 23.3 Å². The Morgan fingerprint density at radius 3 is 2.43 bits per heavy atom. The standard InChI is InChI=1S/C29H33N5O/c35-29(32-18-12-24(13-19-32)31-15-6-2-7-16-31)25-21-28(34-17-8-5-11-27(25)34)26-14-20-33(30-26)22-23-9-3-1-4-10-23/h1,3-5,8-11,14,17,20-21,24H,2,6-7,12-13,15-16,18-19,22H2. The Hall–Kier alpha value is -3.38. The van der Waals surface area contributed by atoms with E-state index in [1.165, 1.54) is 37.9 Å². The van der Waals surface area contributed by atoms with Gasteiger partial charge in [0.25, 0.3) is 5.91 Å². The van der Waals surface area contributed by atoms with E-state index in [9.17, 15) is 4.79 Å². The third kappa shape index (κ3) is 4.50. The molecule has 2 aliphatic heterocycles. The lowest BCUT2D eigenvalue weighted by atomic mass is 9.99. The van der Waals surface area contributed by atoms with Crippen LogP contribution >= 0.6 is 0 Å². The number of piperidine rings is 2. The second kappa shape index (κ2) is 9.70. The summed E-state index contributed by atoms with van der Waals surface area (Å²) in [6.45, 7) is 4.85. The average molecular weight is 468 g/mol. The molecule has 2 aliphatic rings. The maximum atomic E-state index is 13.7. The van der Waals surface area contributed by atoms with E-state index in [1.807, 2.05) is 65.6 Å². The minimum Gasteiger partial charge on any atom is -0.338 e. The fourth-order valence-electron chi connectivity index (χ4n) is 5.77. The average Bonchev–Trinajstić information content (AvgIpc) is 3.54. The zero-order chi connectivity index (χ0) is 23.6. The number of carbonyl (C=O) groups excluding carboxylic acids is 1. The maximum absolute atomic E-state index is 13.7.